The molecule has 1 heterocycles. The van der Waals surface area contributed by atoms with Gasteiger partial charge in [-0.25, -0.2) is 0 Å². The molecule has 0 amide bonds. The normalized spacial score (nSPS) is 13.5. The smallest absolute Gasteiger partial charge is 0.339 e. The van der Waals surface area contributed by atoms with Crippen LogP contribution in [0.1, 0.15) is 5.56 Å². The van der Waals surface area contributed by atoms with Gasteiger partial charge in [-0.05, 0) is 11.6 Å². The minimum atomic E-state index is -4.28. The SMILES string of the molecule is O=C(O)C(Cc1c[nH]c2ccccc12)NCP(=O)(O)O. The maximum Gasteiger partial charge on any atom is 0.339 e. The lowest BCUT2D eigenvalue weighted by Gasteiger charge is -2.14. The fourth-order valence-electron chi connectivity index (χ4n) is 2.00. The van der Waals surface area contributed by atoms with Gasteiger partial charge in [-0.3, -0.25) is 14.7 Å². The number of hydrogen-bond acceptors (Lipinski definition) is 3. The molecule has 7 nitrogen and oxygen atoms in total. The Balaban J connectivity index is 2.16. The monoisotopic (exact) mass is 298 g/mol. The van der Waals surface area contributed by atoms with E-state index in [4.69, 9.17) is 14.9 Å². The number of fused-ring (bicyclic) bond motifs is 1. The quantitative estimate of drug-likeness (QED) is 0.505. The van der Waals surface area contributed by atoms with Crippen LogP contribution < -0.4 is 5.32 Å². The summed E-state index contributed by atoms with van der Waals surface area (Å²) < 4.78 is 10.8. The number of aliphatic carboxylic acids is 1. The van der Waals surface area contributed by atoms with Crippen LogP contribution in [0.5, 0.6) is 0 Å². The highest BCUT2D eigenvalue weighted by molar-refractivity contribution is 7.51. The number of benzene rings is 1. The van der Waals surface area contributed by atoms with Crippen molar-refractivity contribution in [3.63, 3.8) is 0 Å². The molecule has 8 heteroatoms. The van der Waals surface area contributed by atoms with E-state index in [1.165, 1.54) is 0 Å². The van der Waals surface area contributed by atoms with E-state index >= 15 is 0 Å². The number of rotatable bonds is 6. The van der Waals surface area contributed by atoms with Crippen LogP contribution in [-0.2, 0) is 15.8 Å². The van der Waals surface area contributed by atoms with Crippen molar-refractivity contribution >= 4 is 24.5 Å². The first-order valence-corrected chi connectivity index (χ1v) is 7.72. The van der Waals surface area contributed by atoms with Crippen LogP contribution in [0.2, 0.25) is 0 Å². The molecular formula is C12H15N2O5P. The summed E-state index contributed by atoms with van der Waals surface area (Å²) in [7, 11) is -4.28. The molecule has 0 aliphatic rings. The highest BCUT2D eigenvalue weighted by Gasteiger charge is 2.23. The Hall–Kier alpha value is -1.66. The van der Waals surface area contributed by atoms with Gasteiger partial charge in [-0.1, -0.05) is 18.2 Å². The van der Waals surface area contributed by atoms with Crippen LogP contribution in [0.25, 0.3) is 10.9 Å². The standard InChI is InChI=1S/C12H15N2O5P/c15-12(16)11(14-7-20(17,18)19)5-8-6-13-10-4-2-1-3-9(8)10/h1-4,6,11,13-14H,5,7H2,(H,15,16)(H2,17,18,19). The van der Waals surface area contributed by atoms with Crippen molar-refractivity contribution in [2.24, 2.45) is 0 Å². The Labute approximate surface area is 114 Å². The minimum Gasteiger partial charge on any atom is -0.480 e. The van der Waals surface area contributed by atoms with Gasteiger partial charge in [0, 0.05) is 23.5 Å². The Morgan fingerprint density at radius 3 is 2.70 bits per heavy atom. The lowest BCUT2D eigenvalue weighted by molar-refractivity contribution is -0.139. The first-order valence-electron chi connectivity index (χ1n) is 5.92. The number of H-pyrrole nitrogens is 1. The van der Waals surface area contributed by atoms with E-state index in [9.17, 15) is 9.36 Å². The molecule has 2 aromatic rings. The Morgan fingerprint density at radius 1 is 1.35 bits per heavy atom. The molecule has 108 valence electrons. The summed E-state index contributed by atoms with van der Waals surface area (Å²) in [5.41, 5.74) is 1.67. The molecule has 0 radical (unpaired) electrons. The summed E-state index contributed by atoms with van der Waals surface area (Å²) in [5.74, 6) is -1.15. The van der Waals surface area contributed by atoms with Crippen LogP contribution in [0, 0.1) is 0 Å². The average molecular weight is 298 g/mol. The fraction of sp³-hybridized carbons (Fsp3) is 0.250. The lowest BCUT2D eigenvalue weighted by atomic mass is 10.1. The maximum atomic E-state index is 11.2. The molecule has 0 spiro atoms. The summed E-state index contributed by atoms with van der Waals surface area (Å²) >= 11 is 0. The summed E-state index contributed by atoms with van der Waals surface area (Å²) in [6.07, 6.45) is 1.19. The molecule has 0 saturated carbocycles. The van der Waals surface area contributed by atoms with E-state index in [0.29, 0.717) is 0 Å². The van der Waals surface area contributed by atoms with Gasteiger partial charge in [0.1, 0.15) is 6.04 Å². The van der Waals surface area contributed by atoms with Crippen molar-refractivity contribution in [2.75, 3.05) is 6.29 Å². The van der Waals surface area contributed by atoms with Gasteiger partial charge in [0.2, 0.25) is 0 Å². The molecule has 1 aromatic heterocycles. The number of carboxylic acid groups (broad SMARTS) is 1. The van der Waals surface area contributed by atoms with Crippen LogP contribution in [0.4, 0.5) is 0 Å². The topological polar surface area (TPSA) is 123 Å². The van der Waals surface area contributed by atoms with Crippen LogP contribution in [0.3, 0.4) is 0 Å². The number of hydrogen-bond donors (Lipinski definition) is 5. The second-order valence-corrected chi connectivity index (χ2v) is 6.13. The minimum absolute atomic E-state index is 0.138. The number of carboxylic acids is 1. The highest BCUT2D eigenvalue weighted by Crippen LogP contribution is 2.32. The Bertz CT molecular complexity index is 663. The molecule has 0 bridgehead atoms. The Kier molecular flexibility index (Phi) is 4.25. The summed E-state index contributed by atoms with van der Waals surface area (Å²) in [4.78, 5) is 31.8. The van der Waals surface area contributed by atoms with Gasteiger partial charge in [0.05, 0.1) is 6.29 Å². The van der Waals surface area contributed by atoms with Gasteiger partial charge in [0.15, 0.2) is 0 Å². The number of nitrogens with one attached hydrogen (secondary N) is 2. The van der Waals surface area contributed by atoms with Crippen molar-refractivity contribution in [3.8, 4) is 0 Å². The molecule has 1 atom stereocenters. The zero-order chi connectivity index (χ0) is 14.8. The van der Waals surface area contributed by atoms with E-state index in [1.54, 1.807) is 6.20 Å². The molecule has 0 aliphatic heterocycles. The van der Waals surface area contributed by atoms with Gasteiger partial charge >= 0.3 is 13.6 Å². The first kappa shape index (κ1) is 14.7. The van der Waals surface area contributed by atoms with Crippen LogP contribution in [0.15, 0.2) is 30.5 Å². The van der Waals surface area contributed by atoms with Crippen molar-refractivity contribution in [1.82, 2.24) is 10.3 Å². The van der Waals surface area contributed by atoms with Gasteiger partial charge in [0.25, 0.3) is 0 Å². The molecule has 0 aliphatic carbocycles. The Morgan fingerprint density at radius 2 is 2.05 bits per heavy atom. The van der Waals surface area contributed by atoms with Crippen molar-refractivity contribution < 1.29 is 24.3 Å². The van der Waals surface area contributed by atoms with E-state index < -0.39 is 25.9 Å². The maximum absolute atomic E-state index is 11.2. The molecule has 20 heavy (non-hydrogen) atoms. The third-order valence-electron chi connectivity index (χ3n) is 2.94. The molecule has 1 unspecified atom stereocenters. The second kappa shape index (κ2) is 5.76. The van der Waals surface area contributed by atoms with E-state index in [2.05, 4.69) is 10.3 Å². The van der Waals surface area contributed by atoms with E-state index in [1.807, 2.05) is 24.3 Å². The molecule has 5 N–H and O–H groups in total. The third kappa shape index (κ3) is 3.68. The van der Waals surface area contributed by atoms with E-state index in [-0.39, 0.29) is 6.42 Å². The first-order chi connectivity index (χ1) is 9.37. The number of aromatic nitrogens is 1. The second-order valence-electron chi connectivity index (χ2n) is 4.48. The highest BCUT2D eigenvalue weighted by atomic mass is 31.2. The summed E-state index contributed by atoms with van der Waals surface area (Å²) in [5, 5.41) is 12.4. The fourth-order valence-corrected chi connectivity index (χ4v) is 2.45. The number of carbonyl (C=O) groups is 1. The molecule has 1 aromatic carbocycles. The number of para-hydroxylation sites is 1. The zero-order valence-corrected chi connectivity index (χ0v) is 11.4. The van der Waals surface area contributed by atoms with Gasteiger partial charge < -0.3 is 19.9 Å². The molecule has 2 rings (SSSR count). The molecule has 0 fully saturated rings. The third-order valence-corrected chi connectivity index (χ3v) is 3.54. The molecule has 0 saturated heterocycles. The van der Waals surface area contributed by atoms with Crippen LogP contribution >= 0.6 is 7.60 Å². The predicted octanol–water partition coefficient (Wildman–Crippen LogP) is 0.888. The van der Waals surface area contributed by atoms with Crippen molar-refractivity contribution in [2.45, 2.75) is 12.5 Å². The largest absolute Gasteiger partial charge is 0.480 e. The summed E-state index contributed by atoms with van der Waals surface area (Å²) in [6, 6.07) is 6.39. The zero-order valence-electron chi connectivity index (χ0n) is 10.5. The van der Waals surface area contributed by atoms with E-state index in [0.717, 1.165) is 16.5 Å². The summed E-state index contributed by atoms with van der Waals surface area (Å²) in [6.45, 7) is 0. The molecular weight excluding hydrogens is 283 g/mol. The lowest BCUT2D eigenvalue weighted by Crippen LogP contribution is -2.38. The van der Waals surface area contributed by atoms with Gasteiger partial charge in [-0.15, -0.1) is 0 Å². The predicted molar refractivity (Wildman–Crippen MR) is 73.5 cm³/mol. The van der Waals surface area contributed by atoms with Gasteiger partial charge in [-0.2, -0.15) is 0 Å². The number of aromatic amines is 1. The average Bonchev–Trinajstić information content (AvgIpc) is 2.76. The van der Waals surface area contributed by atoms with Crippen molar-refractivity contribution in [1.29, 1.82) is 0 Å². The van der Waals surface area contributed by atoms with Crippen LogP contribution in [-0.4, -0.2) is 38.2 Å². The van der Waals surface area contributed by atoms with Crippen molar-refractivity contribution in [3.05, 3.63) is 36.0 Å².